The number of carboxylic acid groups (broad SMARTS) is 4. The molecule has 15 heteroatoms. The average molecular weight is 432 g/mol. The van der Waals surface area contributed by atoms with Crippen LogP contribution in [0.3, 0.4) is 0 Å². The van der Waals surface area contributed by atoms with E-state index in [1.807, 2.05) is 0 Å². The van der Waals surface area contributed by atoms with Crippen LogP contribution in [0.15, 0.2) is 0 Å². The van der Waals surface area contributed by atoms with E-state index in [4.69, 9.17) is 35.7 Å². The van der Waals surface area contributed by atoms with Crippen molar-refractivity contribution in [2.24, 2.45) is 0 Å². The summed E-state index contributed by atoms with van der Waals surface area (Å²) in [6.45, 7) is -2.98. The van der Waals surface area contributed by atoms with Crippen LogP contribution in [0.4, 0.5) is 0 Å². The van der Waals surface area contributed by atoms with E-state index in [1.54, 1.807) is 0 Å². The fourth-order valence-electron chi connectivity index (χ4n) is 1.53. The second kappa shape index (κ2) is 21.4. The second-order valence-electron chi connectivity index (χ2n) is 5.02. The molecular weight excluding hydrogens is 406 g/mol. The first-order valence-electron chi connectivity index (χ1n) is 7.23. The van der Waals surface area contributed by atoms with Crippen LogP contribution in [-0.2, 0) is 19.2 Å². The van der Waals surface area contributed by atoms with Crippen LogP contribution < -0.4 is 0 Å². The van der Waals surface area contributed by atoms with Gasteiger partial charge in [0.15, 0.2) is 0 Å². The van der Waals surface area contributed by atoms with Gasteiger partial charge in [0.1, 0.15) is 6.10 Å². The SMILES string of the molecule is O=C(O)CN(CCN(CC(=O)O)CC(=O)O)CC(=O)O.OCC(O)CO.[NaH].[NaH]. The number of rotatable bonds is 13. The van der Waals surface area contributed by atoms with Gasteiger partial charge in [0, 0.05) is 13.1 Å². The molecule has 0 aliphatic heterocycles. The van der Waals surface area contributed by atoms with Crippen LogP contribution in [0.25, 0.3) is 0 Å². The molecule has 0 fully saturated rings. The minimum atomic E-state index is -1.23. The van der Waals surface area contributed by atoms with Crippen molar-refractivity contribution in [3.05, 3.63) is 0 Å². The molecule has 0 saturated carbocycles. The zero-order valence-corrected chi connectivity index (χ0v) is 13.9. The molecule has 0 aliphatic carbocycles. The predicted octanol–water partition coefficient (Wildman–Crippen LogP) is -5.04. The normalized spacial score (nSPS) is 9.79. The van der Waals surface area contributed by atoms with Gasteiger partial charge in [-0.1, -0.05) is 0 Å². The van der Waals surface area contributed by atoms with E-state index in [-0.39, 0.29) is 85.4 Å². The van der Waals surface area contributed by atoms with Crippen molar-refractivity contribution in [3.8, 4) is 0 Å². The van der Waals surface area contributed by atoms with Gasteiger partial charge in [-0.3, -0.25) is 29.0 Å². The molecule has 0 amide bonds. The van der Waals surface area contributed by atoms with E-state index in [1.165, 1.54) is 0 Å². The molecule has 0 atom stereocenters. The van der Waals surface area contributed by atoms with E-state index in [0.717, 1.165) is 9.80 Å². The number of carbonyl (C=O) groups is 4. The number of aliphatic hydroxyl groups is 3. The van der Waals surface area contributed by atoms with Crippen molar-refractivity contribution in [3.63, 3.8) is 0 Å². The third-order valence-corrected chi connectivity index (χ3v) is 2.59. The summed E-state index contributed by atoms with van der Waals surface area (Å²) in [5.41, 5.74) is 0. The first kappa shape index (κ1) is 35.1. The van der Waals surface area contributed by atoms with Crippen LogP contribution in [0, 0.1) is 0 Å². The average Bonchev–Trinajstić information content (AvgIpc) is 2.50. The summed E-state index contributed by atoms with van der Waals surface area (Å²) in [5.74, 6) is -4.91. The maximum absolute atomic E-state index is 10.6. The summed E-state index contributed by atoms with van der Waals surface area (Å²) in [4.78, 5) is 44.4. The Hall–Kier alpha value is -0.320. The van der Waals surface area contributed by atoms with Crippen LogP contribution in [0.1, 0.15) is 0 Å². The summed E-state index contributed by atoms with van der Waals surface area (Å²) in [6.07, 6.45) is -0.954. The summed E-state index contributed by atoms with van der Waals surface area (Å²) in [7, 11) is 0. The van der Waals surface area contributed by atoms with Gasteiger partial charge in [-0.2, -0.15) is 0 Å². The Morgan fingerprint density at radius 1 is 0.607 bits per heavy atom. The molecule has 13 nitrogen and oxygen atoms in total. The number of hydrogen-bond acceptors (Lipinski definition) is 9. The Kier molecular flexibility index (Phi) is 26.8. The van der Waals surface area contributed by atoms with Crippen molar-refractivity contribution in [2.75, 3.05) is 52.5 Å². The number of hydrogen-bond donors (Lipinski definition) is 7. The number of aliphatic hydroxyl groups excluding tert-OH is 3. The third kappa shape index (κ3) is 25.7. The van der Waals surface area contributed by atoms with Crippen molar-refractivity contribution in [2.45, 2.75) is 6.10 Å². The molecule has 0 unspecified atom stereocenters. The first-order valence-corrected chi connectivity index (χ1v) is 7.23. The number of nitrogens with zero attached hydrogens (tertiary/aromatic N) is 2. The van der Waals surface area contributed by atoms with E-state index in [9.17, 15) is 19.2 Å². The van der Waals surface area contributed by atoms with Gasteiger partial charge in [-0.15, -0.1) is 0 Å². The van der Waals surface area contributed by atoms with Crippen LogP contribution in [0.5, 0.6) is 0 Å². The molecule has 0 aromatic rings. The molecule has 0 aromatic heterocycles. The molecule has 28 heavy (non-hydrogen) atoms. The zero-order chi connectivity index (χ0) is 20.7. The van der Waals surface area contributed by atoms with Crippen LogP contribution in [0.2, 0.25) is 0 Å². The third-order valence-electron chi connectivity index (χ3n) is 2.59. The Balaban J connectivity index is -0.000000312. The summed E-state index contributed by atoms with van der Waals surface area (Å²) < 4.78 is 0. The van der Waals surface area contributed by atoms with Gasteiger partial charge in [0.2, 0.25) is 0 Å². The molecule has 0 heterocycles. The van der Waals surface area contributed by atoms with Crippen molar-refractivity contribution in [1.29, 1.82) is 0 Å². The number of carboxylic acids is 4. The summed E-state index contributed by atoms with van der Waals surface area (Å²) in [5, 5.41) is 58.5. The minimum absolute atomic E-state index is 0. The Morgan fingerprint density at radius 2 is 0.821 bits per heavy atom. The molecule has 156 valence electrons. The van der Waals surface area contributed by atoms with Crippen LogP contribution >= 0.6 is 0 Å². The van der Waals surface area contributed by atoms with E-state index < -0.39 is 56.2 Å². The maximum atomic E-state index is 10.6. The fourth-order valence-corrected chi connectivity index (χ4v) is 1.53. The Bertz CT molecular complexity index is 396. The molecule has 0 spiro atoms. The molecule has 0 rings (SSSR count). The van der Waals surface area contributed by atoms with Crippen molar-refractivity contribution >= 4 is 83.0 Å². The summed E-state index contributed by atoms with van der Waals surface area (Å²) in [6, 6.07) is 0. The number of aliphatic carboxylic acids is 4. The van der Waals surface area contributed by atoms with Gasteiger partial charge in [0.25, 0.3) is 0 Å². The molecular formula is C13H26N2Na2O11. The second-order valence-corrected chi connectivity index (χ2v) is 5.02. The fraction of sp³-hybridized carbons (Fsp3) is 0.692. The van der Waals surface area contributed by atoms with Gasteiger partial charge in [-0.05, 0) is 0 Å². The topological polar surface area (TPSA) is 216 Å². The summed E-state index contributed by atoms with van der Waals surface area (Å²) >= 11 is 0. The predicted molar refractivity (Wildman–Crippen MR) is 97.9 cm³/mol. The van der Waals surface area contributed by atoms with Crippen molar-refractivity contribution in [1.82, 2.24) is 9.80 Å². The standard InChI is InChI=1S/C10H16N2O8.C3H8O3.2Na.2H/c13-7(14)3-11(4-8(15)16)1-2-12(5-9(17)18)6-10(19)20;4-1-3(6)2-5;;;;/h1-6H2,(H,13,14)(H,15,16)(H,17,18)(H,19,20);3-6H,1-2H2;;;;. The van der Waals surface area contributed by atoms with Crippen LogP contribution in [-0.4, -0.2) is 187 Å². The van der Waals surface area contributed by atoms with Gasteiger partial charge in [-0.25, -0.2) is 0 Å². The molecule has 0 bridgehead atoms. The molecule has 0 radical (unpaired) electrons. The monoisotopic (exact) mass is 432 g/mol. The quantitative estimate of drug-likeness (QED) is 0.136. The first-order chi connectivity index (χ1) is 12.0. The zero-order valence-electron chi connectivity index (χ0n) is 13.9. The molecule has 0 saturated heterocycles. The Morgan fingerprint density at radius 3 is 0.929 bits per heavy atom. The van der Waals surface area contributed by atoms with Crippen molar-refractivity contribution < 1.29 is 54.9 Å². The van der Waals surface area contributed by atoms with Gasteiger partial charge >= 0.3 is 83.0 Å². The molecule has 0 aliphatic rings. The van der Waals surface area contributed by atoms with E-state index in [0.29, 0.717) is 0 Å². The van der Waals surface area contributed by atoms with Gasteiger partial charge in [0.05, 0.1) is 39.4 Å². The van der Waals surface area contributed by atoms with E-state index in [2.05, 4.69) is 0 Å². The van der Waals surface area contributed by atoms with E-state index >= 15 is 0 Å². The molecule has 0 aromatic carbocycles. The molecule has 7 N–H and O–H groups in total. The Labute approximate surface area is 205 Å². The van der Waals surface area contributed by atoms with Gasteiger partial charge < -0.3 is 35.7 Å².